The molecule has 17 heavy (non-hydrogen) atoms. The van der Waals surface area contributed by atoms with E-state index in [4.69, 9.17) is 9.84 Å². The molecule has 96 valence electrons. The molecule has 0 fully saturated rings. The van der Waals surface area contributed by atoms with Crippen molar-refractivity contribution in [2.75, 3.05) is 6.61 Å². The van der Waals surface area contributed by atoms with Gasteiger partial charge in [-0.1, -0.05) is 19.6 Å². The van der Waals surface area contributed by atoms with Crippen LogP contribution in [0.1, 0.15) is 23.5 Å². The number of carboxylic acids is 1. The van der Waals surface area contributed by atoms with Crippen LogP contribution in [0.5, 0.6) is 0 Å². The highest BCUT2D eigenvalue weighted by atomic mass is 28.3. The monoisotopic (exact) mass is 255 g/mol. The van der Waals surface area contributed by atoms with E-state index in [1.54, 1.807) is 23.0 Å². The average Bonchev–Trinajstić information content (AvgIpc) is 2.63. The predicted octanol–water partition coefficient (Wildman–Crippen LogP) is 3.06. The summed E-state index contributed by atoms with van der Waals surface area (Å²) in [5.41, 5.74) is 0.297. The molecule has 1 aromatic heterocycles. The van der Waals surface area contributed by atoms with Crippen LogP contribution in [0, 0.1) is 0 Å². The minimum atomic E-state index is -1.07. The molecule has 0 radical (unpaired) electrons. The number of hydrogen-bond donors (Lipinski definition) is 1. The third-order valence-corrected chi connectivity index (χ3v) is 4.30. The van der Waals surface area contributed by atoms with Crippen LogP contribution in [0.25, 0.3) is 0 Å². The van der Waals surface area contributed by atoms with Crippen molar-refractivity contribution >= 4 is 14.0 Å². The van der Waals surface area contributed by atoms with Crippen molar-refractivity contribution in [3.8, 4) is 0 Å². The maximum atomic E-state index is 10.7. The van der Waals surface area contributed by atoms with Crippen LogP contribution >= 0.6 is 0 Å². The van der Waals surface area contributed by atoms with E-state index in [0.29, 0.717) is 5.56 Å². The Balaban J connectivity index is 2.46. The molecule has 1 rings (SSSR count). The number of hydrogen-bond acceptors (Lipinski definition) is 2. The van der Waals surface area contributed by atoms with E-state index in [2.05, 4.69) is 19.6 Å². The predicted molar refractivity (Wildman–Crippen MR) is 70.2 cm³/mol. The van der Waals surface area contributed by atoms with Gasteiger partial charge < -0.3 is 14.4 Å². The number of ether oxygens (including phenoxy) is 1. The van der Waals surface area contributed by atoms with Gasteiger partial charge in [0.05, 0.1) is 5.56 Å². The summed E-state index contributed by atoms with van der Waals surface area (Å²) in [6.45, 7) is 9.57. The first-order chi connectivity index (χ1) is 7.79. The van der Waals surface area contributed by atoms with Gasteiger partial charge in [-0.15, -0.1) is 0 Å². The lowest BCUT2D eigenvalue weighted by molar-refractivity contribution is 0.0245. The Labute approximate surface area is 103 Å². The van der Waals surface area contributed by atoms with Crippen LogP contribution in [-0.2, 0) is 4.74 Å². The van der Waals surface area contributed by atoms with Gasteiger partial charge in [0, 0.05) is 27.1 Å². The van der Waals surface area contributed by atoms with Crippen molar-refractivity contribution in [3.05, 3.63) is 24.0 Å². The summed E-state index contributed by atoms with van der Waals surface area (Å²) in [7, 11) is -1.07. The largest absolute Gasteiger partial charge is 0.478 e. The van der Waals surface area contributed by atoms with Crippen LogP contribution in [-0.4, -0.2) is 30.3 Å². The number of aromatic carboxylic acids is 1. The SMILES string of the molecule is CC(OCC[Si](C)(C)C)n1ccc(C(=O)O)c1. The zero-order valence-electron chi connectivity index (χ0n) is 10.9. The van der Waals surface area contributed by atoms with Crippen molar-refractivity contribution < 1.29 is 14.6 Å². The van der Waals surface area contributed by atoms with Gasteiger partial charge in [0.25, 0.3) is 0 Å². The number of rotatable bonds is 6. The Morgan fingerprint density at radius 2 is 2.18 bits per heavy atom. The molecule has 0 bridgehead atoms. The lowest BCUT2D eigenvalue weighted by Gasteiger charge is -2.19. The highest BCUT2D eigenvalue weighted by Crippen LogP contribution is 2.14. The van der Waals surface area contributed by atoms with E-state index >= 15 is 0 Å². The average molecular weight is 255 g/mol. The van der Waals surface area contributed by atoms with Gasteiger partial charge in [-0.2, -0.15) is 0 Å². The highest BCUT2D eigenvalue weighted by Gasteiger charge is 2.14. The zero-order valence-corrected chi connectivity index (χ0v) is 11.9. The molecular formula is C12H21NO3Si. The first-order valence-electron chi connectivity index (χ1n) is 5.82. The maximum Gasteiger partial charge on any atom is 0.337 e. The van der Waals surface area contributed by atoms with Crippen LogP contribution in [0.4, 0.5) is 0 Å². The van der Waals surface area contributed by atoms with E-state index in [0.717, 1.165) is 12.7 Å². The second-order valence-corrected chi connectivity index (χ2v) is 11.1. The summed E-state index contributed by atoms with van der Waals surface area (Å²) in [5.74, 6) is -0.905. The van der Waals surface area contributed by atoms with E-state index in [-0.39, 0.29) is 6.23 Å². The van der Waals surface area contributed by atoms with Crippen molar-refractivity contribution in [3.63, 3.8) is 0 Å². The second kappa shape index (κ2) is 5.51. The van der Waals surface area contributed by atoms with Crippen LogP contribution in [0.2, 0.25) is 25.7 Å². The van der Waals surface area contributed by atoms with Crippen molar-refractivity contribution in [1.82, 2.24) is 4.57 Å². The molecule has 0 aliphatic heterocycles. The summed E-state index contributed by atoms with van der Waals surface area (Å²) >= 11 is 0. The molecule has 1 N–H and O–H groups in total. The first-order valence-corrected chi connectivity index (χ1v) is 9.53. The molecule has 1 unspecified atom stereocenters. The van der Waals surface area contributed by atoms with Gasteiger partial charge in [-0.3, -0.25) is 0 Å². The van der Waals surface area contributed by atoms with Gasteiger partial charge in [-0.25, -0.2) is 4.79 Å². The Morgan fingerprint density at radius 3 is 2.65 bits per heavy atom. The van der Waals surface area contributed by atoms with E-state index in [9.17, 15) is 4.79 Å². The van der Waals surface area contributed by atoms with Crippen molar-refractivity contribution in [1.29, 1.82) is 0 Å². The lowest BCUT2D eigenvalue weighted by Crippen LogP contribution is -2.22. The molecule has 0 saturated carbocycles. The topological polar surface area (TPSA) is 51.5 Å². The Kier molecular flexibility index (Phi) is 4.53. The minimum absolute atomic E-state index is 0.112. The van der Waals surface area contributed by atoms with E-state index in [1.165, 1.54) is 0 Å². The third kappa shape index (κ3) is 4.75. The molecule has 1 heterocycles. The molecule has 1 atom stereocenters. The molecule has 0 amide bonds. The van der Waals surface area contributed by atoms with Gasteiger partial charge in [0.1, 0.15) is 6.23 Å². The maximum absolute atomic E-state index is 10.7. The van der Waals surface area contributed by atoms with E-state index in [1.807, 2.05) is 6.92 Å². The Hall–Kier alpha value is -1.07. The quantitative estimate of drug-likeness (QED) is 0.795. The molecule has 0 spiro atoms. The molecule has 5 heteroatoms. The molecular weight excluding hydrogens is 234 g/mol. The summed E-state index contributed by atoms with van der Waals surface area (Å²) in [6.07, 6.45) is 3.23. The first kappa shape index (κ1) is 14.0. The van der Waals surface area contributed by atoms with Gasteiger partial charge >= 0.3 is 5.97 Å². The number of aromatic nitrogens is 1. The Morgan fingerprint density at radius 1 is 1.53 bits per heavy atom. The summed E-state index contributed by atoms with van der Waals surface area (Å²) < 4.78 is 7.49. The molecule has 0 aliphatic carbocycles. The molecule has 0 aliphatic rings. The fraction of sp³-hybridized carbons (Fsp3) is 0.583. The fourth-order valence-electron chi connectivity index (χ4n) is 1.39. The Bertz CT molecular complexity index is 381. The van der Waals surface area contributed by atoms with Crippen LogP contribution in [0.3, 0.4) is 0 Å². The van der Waals surface area contributed by atoms with Gasteiger partial charge in [0.2, 0.25) is 0 Å². The van der Waals surface area contributed by atoms with Gasteiger partial charge in [-0.05, 0) is 19.0 Å². The third-order valence-electron chi connectivity index (χ3n) is 2.59. The van der Waals surface area contributed by atoms with Crippen molar-refractivity contribution in [2.45, 2.75) is 38.8 Å². The lowest BCUT2D eigenvalue weighted by atomic mass is 10.4. The molecule has 4 nitrogen and oxygen atoms in total. The minimum Gasteiger partial charge on any atom is -0.478 e. The normalized spacial score (nSPS) is 13.6. The van der Waals surface area contributed by atoms with Gasteiger partial charge in [0.15, 0.2) is 0 Å². The summed E-state index contributed by atoms with van der Waals surface area (Å²) in [6, 6.07) is 2.70. The summed E-state index contributed by atoms with van der Waals surface area (Å²) in [4.78, 5) is 10.7. The standard InChI is InChI=1S/C12H21NO3Si/c1-10(16-7-8-17(2,3)4)13-6-5-11(9-13)12(14)15/h5-6,9-10H,7-8H2,1-4H3,(H,14,15). The second-order valence-electron chi connectivity index (χ2n) is 5.43. The smallest absolute Gasteiger partial charge is 0.337 e. The fourth-order valence-corrected chi connectivity index (χ4v) is 2.12. The molecule has 0 aromatic carbocycles. The molecule has 0 saturated heterocycles. The number of carbonyl (C=O) groups is 1. The molecule has 1 aromatic rings. The highest BCUT2D eigenvalue weighted by molar-refractivity contribution is 6.76. The number of carboxylic acid groups (broad SMARTS) is 1. The zero-order chi connectivity index (χ0) is 13.1. The van der Waals surface area contributed by atoms with Crippen molar-refractivity contribution in [2.24, 2.45) is 0 Å². The van der Waals surface area contributed by atoms with Crippen LogP contribution in [0.15, 0.2) is 18.5 Å². The summed E-state index contributed by atoms with van der Waals surface area (Å²) in [5, 5.41) is 8.81. The van der Waals surface area contributed by atoms with Crippen LogP contribution < -0.4 is 0 Å². The van der Waals surface area contributed by atoms with E-state index < -0.39 is 14.0 Å². The number of nitrogens with zero attached hydrogens (tertiary/aromatic N) is 1.